The van der Waals surface area contributed by atoms with Gasteiger partial charge in [0.2, 0.25) is 6.41 Å². The zero-order valence-electron chi connectivity index (χ0n) is 7.57. The van der Waals surface area contributed by atoms with Gasteiger partial charge < -0.3 is 10.4 Å². The first kappa shape index (κ1) is 9.92. The highest BCUT2D eigenvalue weighted by Gasteiger charge is 2.07. The Bertz CT molecular complexity index is 528. The molecule has 15 heavy (non-hydrogen) atoms. The van der Waals surface area contributed by atoms with Gasteiger partial charge in [0.05, 0.1) is 11.7 Å². The summed E-state index contributed by atoms with van der Waals surface area (Å²) in [5, 5.41) is 12.8. The predicted octanol–water partition coefficient (Wildman–Crippen LogP) is 2.27. The molecule has 0 atom stereocenters. The van der Waals surface area contributed by atoms with Crippen LogP contribution in [0.3, 0.4) is 0 Å². The highest BCUT2D eigenvalue weighted by atomic mass is 79.9. The lowest BCUT2D eigenvalue weighted by Gasteiger charge is -2.05. The summed E-state index contributed by atoms with van der Waals surface area (Å²) in [6.07, 6.45) is 1.92. The van der Waals surface area contributed by atoms with Crippen molar-refractivity contribution in [3.8, 4) is 5.75 Å². The third kappa shape index (κ3) is 1.78. The number of nitrogens with one attached hydrogen (secondary N) is 1. The Kier molecular flexibility index (Phi) is 2.55. The fourth-order valence-corrected chi connectivity index (χ4v) is 1.68. The quantitative estimate of drug-likeness (QED) is 0.820. The fraction of sp³-hybridized carbons (Fsp3) is 0. The van der Waals surface area contributed by atoms with Crippen LogP contribution in [0, 0.1) is 0 Å². The Balaban J connectivity index is 2.70. The van der Waals surface area contributed by atoms with Crippen LogP contribution in [0.1, 0.15) is 0 Å². The number of benzene rings is 1. The standard InChI is InChI=1S/C10H7BrN2O2/c11-6-1-2-8-7(3-6)10(15)9(4-12-8)13-5-14/h1-5H,(H,12,15)(H,13,14). The molecule has 1 aromatic carbocycles. The summed E-state index contributed by atoms with van der Waals surface area (Å²) in [5.74, 6) is 0.0217. The lowest BCUT2D eigenvalue weighted by Crippen LogP contribution is -1.95. The number of aromatic nitrogens is 1. The third-order valence-electron chi connectivity index (χ3n) is 2.02. The number of anilines is 1. The molecule has 0 aliphatic heterocycles. The number of hydrogen-bond donors (Lipinski definition) is 2. The van der Waals surface area contributed by atoms with Gasteiger partial charge in [0.15, 0.2) is 0 Å². The summed E-state index contributed by atoms with van der Waals surface area (Å²) in [7, 11) is 0. The number of rotatable bonds is 2. The van der Waals surface area contributed by atoms with E-state index < -0.39 is 0 Å². The topological polar surface area (TPSA) is 62.2 Å². The van der Waals surface area contributed by atoms with E-state index in [4.69, 9.17) is 0 Å². The van der Waals surface area contributed by atoms with Gasteiger partial charge in [-0.3, -0.25) is 9.78 Å². The maximum absolute atomic E-state index is 10.3. The number of carbonyl (C=O) groups excluding carboxylic acids is 1. The maximum Gasteiger partial charge on any atom is 0.211 e. The second-order valence-corrected chi connectivity index (χ2v) is 3.86. The van der Waals surface area contributed by atoms with Gasteiger partial charge in [0.1, 0.15) is 11.4 Å². The van der Waals surface area contributed by atoms with Crippen molar-refractivity contribution in [1.82, 2.24) is 4.98 Å². The molecular weight excluding hydrogens is 260 g/mol. The third-order valence-corrected chi connectivity index (χ3v) is 2.51. The second-order valence-electron chi connectivity index (χ2n) is 2.94. The van der Waals surface area contributed by atoms with Gasteiger partial charge in [-0.2, -0.15) is 0 Å². The lowest BCUT2D eigenvalue weighted by molar-refractivity contribution is -0.105. The largest absolute Gasteiger partial charge is 0.505 e. The summed E-state index contributed by atoms with van der Waals surface area (Å²) in [6, 6.07) is 5.36. The molecule has 1 aromatic heterocycles. The molecule has 0 aliphatic carbocycles. The van der Waals surface area contributed by atoms with Crippen molar-refractivity contribution < 1.29 is 9.90 Å². The Morgan fingerprint density at radius 1 is 1.47 bits per heavy atom. The SMILES string of the molecule is O=CNc1cnc2ccc(Br)cc2c1O. The van der Waals surface area contributed by atoms with Gasteiger partial charge in [0, 0.05) is 9.86 Å². The fourth-order valence-electron chi connectivity index (χ4n) is 1.32. The number of carbonyl (C=O) groups is 1. The van der Waals surface area contributed by atoms with E-state index in [-0.39, 0.29) is 5.75 Å². The van der Waals surface area contributed by atoms with Crippen LogP contribution in [-0.2, 0) is 4.79 Å². The second kappa shape index (κ2) is 3.86. The Labute approximate surface area is 94.1 Å². The van der Waals surface area contributed by atoms with Crippen molar-refractivity contribution in [3.05, 3.63) is 28.9 Å². The maximum atomic E-state index is 10.3. The minimum absolute atomic E-state index is 0.0217. The molecule has 2 aromatic rings. The number of nitrogens with zero attached hydrogens (tertiary/aromatic N) is 1. The first-order valence-electron chi connectivity index (χ1n) is 4.20. The van der Waals surface area contributed by atoms with Crippen molar-refractivity contribution in [2.75, 3.05) is 5.32 Å². The summed E-state index contributed by atoms with van der Waals surface area (Å²) in [6.45, 7) is 0. The average Bonchev–Trinajstić information content (AvgIpc) is 2.23. The molecule has 0 unspecified atom stereocenters. The first-order chi connectivity index (χ1) is 7.22. The van der Waals surface area contributed by atoms with E-state index in [1.54, 1.807) is 12.1 Å². The summed E-state index contributed by atoms with van der Waals surface area (Å²) < 4.78 is 0.843. The zero-order valence-corrected chi connectivity index (χ0v) is 9.15. The normalized spacial score (nSPS) is 10.2. The number of aromatic hydroxyl groups is 1. The van der Waals surface area contributed by atoms with Gasteiger partial charge in [-0.1, -0.05) is 15.9 Å². The molecule has 4 nitrogen and oxygen atoms in total. The molecule has 0 fully saturated rings. The molecule has 0 spiro atoms. The van der Waals surface area contributed by atoms with Crippen molar-refractivity contribution >= 4 is 38.9 Å². The number of hydrogen-bond acceptors (Lipinski definition) is 3. The minimum atomic E-state index is 0.0217. The van der Waals surface area contributed by atoms with E-state index in [0.717, 1.165) is 4.47 Å². The van der Waals surface area contributed by atoms with Crippen LogP contribution < -0.4 is 5.32 Å². The summed E-state index contributed by atoms with van der Waals surface area (Å²) in [5.41, 5.74) is 0.975. The predicted molar refractivity (Wildman–Crippen MR) is 60.8 cm³/mol. The van der Waals surface area contributed by atoms with E-state index >= 15 is 0 Å². The van der Waals surface area contributed by atoms with Crippen LogP contribution in [-0.4, -0.2) is 16.5 Å². The van der Waals surface area contributed by atoms with Gasteiger partial charge in [-0.15, -0.1) is 0 Å². The average molecular weight is 267 g/mol. The van der Waals surface area contributed by atoms with Gasteiger partial charge in [-0.05, 0) is 18.2 Å². The molecule has 0 radical (unpaired) electrons. The van der Waals surface area contributed by atoms with E-state index in [1.165, 1.54) is 6.20 Å². The summed E-state index contributed by atoms with van der Waals surface area (Å²) >= 11 is 3.30. The van der Waals surface area contributed by atoms with Crippen molar-refractivity contribution in [2.24, 2.45) is 0 Å². The number of fused-ring (bicyclic) bond motifs is 1. The zero-order chi connectivity index (χ0) is 10.8. The lowest BCUT2D eigenvalue weighted by atomic mass is 10.2. The van der Waals surface area contributed by atoms with E-state index in [0.29, 0.717) is 23.0 Å². The van der Waals surface area contributed by atoms with Gasteiger partial charge in [-0.25, -0.2) is 0 Å². The van der Waals surface area contributed by atoms with Crippen LogP contribution in [0.4, 0.5) is 5.69 Å². The molecule has 0 saturated heterocycles. The van der Waals surface area contributed by atoms with Gasteiger partial charge >= 0.3 is 0 Å². The summed E-state index contributed by atoms with van der Waals surface area (Å²) in [4.78, 5) is 14.4. The number of halogens is 1. The Hall–Kier alpha value is -1.62. The molecule has 0 saturated carbocycles. The molecule has 76 valence electrons. The molecule has 1 heterocycles. The minimum Gasteiger partial charge on any atom is -0.505 e. The molecule has 5 heteroatoms. The molecule has 2 rings (SSSR count). The van der Waals surface area contributed by atoms with Crippen LogP contribution >= 0.6 is 15.9 Å². The molecule has 2 N–H and O–H groups in total. The van der Waals surface area contributed by atoms with Crippen LogP contribution in [0.5, 0.6) is 5.75 Å². The first-order valence-corrected chi connectivity index (χ1v) is 4.99. The Morgan fingerprint density at radius 2 is 2.27 bits per heavy atom. The van der Waals surface area contributed by atoms with Crippen LogP contribution in [0.15, 0.2) is 28.9 Å². The molecule has 1 amide bonds. The van der Waals surface area contributed by atoms with Crippen molar-refractivity contribution in [3.63, 3.8) is 0 Å². The number of amides is 1. The monoisotopic (exact) mass is 266 g/mol. The van der Waals surface area contributed by atoms with Crippen LogP contribution in [0.25, 0.3) is 10.9 Å². The highest BCUT2D eigenvalue weighted by molar-refractivity contribution is 9.10. The van der Waals surface area contributed by atoms with E-state index in [1.807, 2.05) is 6.07 Å². The number of pyridine rings is 1. The van der Waals surface area contributed by atoms with E-state index in [2.05, 4.69) is 26.2 Å². The van der Waals surface area contributed by atoms with Gasteiger partial charge in [0.25, 0.3) is 0 Å². The van der Waals surface area contributed by atoms with Crippen molar-refractivity contribution in [2.45, 2.75) is 0 Å². The smallest absolute Gasteiger partial charge is 0.211 e. The molecule has 0 bridgehead atoms. The van der Waals surface area contributed by atoms with Crippen LogP contribution in [0.2, 0.25) is 0 Å². The van der Waals surface area contributed by atoms with Crippen molar-refractivity contribution in [1.29, 1.82) is 0 Å². The molecule has 0 aliphatic rings. The van der Waals surface area contributed by atoms with E-state index in [9.17, 15) is 9.90 Å². The Morgan fingerprint density at radius 3 is 3.00 bits per heavy atom. The molecular formula is C10H7BrN2O2. The highest BCUT2D eigenvalue weighted by Crippen LogP contribution is 2.32.